The minimum Gasteiger partial charge on any atom is -1.00 e. The molecule has 4 heteroatoms. The minimum atomic E-state index is 0. The Morgan fingerprint density at radius 3 is 2.57 bits per heavy atom. The molecule has 3 nitrogen and oxygen atoms in total. The molecule has 4 aromatic rings. The van der Waals surface area contributed by atoms with Gasteiger partial charge in [0.2, 0.25) is 5.52 Å². The number of phenolic OH excluding ortho intramolecular Hbond substituents is 1. The number of nitrogens with zero attached hydrogens (tertiary/aromatic N) is 1. The summed E-state index contributed by atoms with van der Waals surface area (Å²) < 4.78 is 7.35. The van der Waals surface area contributed by atoms with Crippen molar-refractivity contribution in [3.05, 3.63) is 60.4 Å². The van der Waals surface area contributed by atoms with E-state index in [4.69, 9.17) is 4.74 Å². The van der Waals surface area contributed by atoms with Crippen LogP contribution in [0, 0.1) is 6.92 Å². The standard InChI is InChI=1S/C19H15NO2.BrH/c1-12-3-6-19(21)17-11-20-8-7-13-9-14(22-2)4-5-15(13)18(20)10-16(12)17;/h3-11H,1-2H3;1H. The summed E-state index contributed by atoms with van der Waals surface area (Å²) in [7, 11) is 1.68. The highest BCUT2D eigenvalue weighted by Crippen LogP contribution is 2.29. The second-order valence-electron chi connectivity index (χ2n) is 5.56. The summed E-state index contributed by atoms with van der Waals surface area (Å²) in [5.41, 5.74) is 2.27. The average Bonchev–Trinajstić information content (AvgIpc) is 2.56. The van der Waals surface area contributed by atoms with Gasteiger partial charge in [-0.05, 0) is 42.1 Å². The molecule has 4 rings (SSSR count). The van der Waals surface area contributed by atoms with E-state index in [0.29, 0.717) is 5.75 Å². The summed E-state index contributed by atoms with van der Waals surface area (Å²) in [6.45, 7) is 2.06. The van der Waals surface area contributed by atoms with Crippen LogP contribution in [0.2, 0.25) is 0 Å². The van der Waals surface area contributed by atoms with E-state index in [-0.39, 0.29) is 17.0 Å². The second kappa shape index (κ2) is 5.70. The Labute approximate surface area is 144 Å². The Kier molecular flexibility index (Phi) is 3.86. The summed E-state index contributed by atoms with van der Waals surface area (Å²) in [6.07, 6.45) is 4.00. The minimum absolute atomic E-state index is 0. The summed E-state index contributed by atoms with van der Waals surface area (Å²) in [5.74, 6) is 1.16. The number of hydrogen-bond acceptors (Lipinski definition) is 2. The lowest BCUT2D eigenvalue weighted by atomic mass is 10.0. The van der Waals surface area contributed by atoms with Crippen molar-refractivity contribution in [2.45, 2.75) is 6.92 Å². The van der Waals surface area contributed by atoms with Gasteiger partial charge in [-0.25, -0.2) is 0 Å². The van der Waals surface area contributed by atoms with Crippen LogP contribution in [0.25, 0.3) is 27.1 Å². The van der Waals surface area contributed by atoms with Gasteiger partial charge in [0.15, 0.2) is 12.4 Å². The van der Waals surface area contributed by atoms with Crippen molar-refractivity contribution in [1.82, 2.24) is 0 Å². The second-order valence-corrected chi connectivity index (χ2v) is 5.56. The Bertz CT molecular complexity index is 1040. The number of rotatable bonds is 1. The molecule has 0 radical (unpaired) electrons. The van der Waals surface area contributed by atoms with E-state index in [1.54, 1.807) is 13.2 Å². The molecule has 0 spiro atoms. The van der Waals surface area contributed by atoms with Crippen LogP contribution in [0.5, 0.6) is 11.5 Å². The quantitative estimate of drug-likeness (QED) is 0.305. The highest BCUT2D eigenvalue weighted by molar-refractivity contribution is 5.99. The van der Waals surface area contributed by atoms with E-state index in [2.05, 4.69) is 29.5 Å². The van der Waals surface area contributed by atoms with Gasteiger partial charge < -0.3 is 26.8 Å². The number of methoxy groups -OCH3 is 1. The molecule has 0 aliphatic carbocycles. The fraction of sp³-hybridized carbons (Fsp3) is 0.105. The lowest BCUT2D eigenvalue weighted by Crippen LogP contribution is -3.00. The molecule has 0 atom stereocenters. The third-order valence-electron chi connectivity index (χ3n) is 4.26. The van der Waals surface area contributed by atoms with Crippen LogP contribution in [0.15, 0.2) is 54.9 Å². The number of ether oxygens (including phenoxy) is 1. The Morgan fingerprint density at radius 2 is 1.78 bits per heavy atom. The molecule has 0 aliphatic rings. The summed E-state index contributed by atoms with van der Waals surface area (Å²) in [5, 5.41) is 14.3. The van der Waals surface area contributed by atoms with Gasteiger partial charge in [0, 0.05) is 17.5 Å². The number of hydrogen-bond donors (Lipinski definition) is 1. The fourth-order valence-electron chi connectivity index (χ4n) is 3.02. The molecular formula is C19H16BrNO2. The largest absolute Gasteiger partial charge is 1.00 e. The normalized spacial score (nSPS) is 10.9. The number of fused-ring (bicyclic) bond motifs is 4. The van der Waals surface area contributed by atoms with Crippen LogP contribution < -0.4 is 26.1 Å². The number of aryl methyl sites for hydroxylation is 1. The van der Waals surface area contributed by atoms with Crippen LogP contribution in [-0.2, 0) is 0 Å². The molecule has 2 aromatic heterocycles. The topological polar surface area (TPSA) is 33.6 Å². The van der Waals surface area contributed by atoms with E-state index in [1.165, 1.54) is 0 Å². The molecule has 0 saturated carbocycles. The number of phenols is 1. The predicted octanol–water partition coefficient (Wildman–Crippen LogP) is 0.758. The van der Waals surface area contributed by atoms with E-state index in [9.17, 15) is 5.11 Å². The average molecular weight is 370 g/mol. The van der Waals surface area contributed by atoms with Crippen molar-refractivity contribution in [2.75, 3.05) is 7.11 Å². The number of aromatic hydroxyl groups is 1. The first kappa shape index (κ1) is 15.6. The molecule has 2 heterocycles. The molecule has 23 heavy (non-hydrogen) atoms. The number of aromatic nitrogens is 1. The van der Waals surface area contributed by atoms with Crippen molar-refractivity contribution < 1.29 is 31.2 Å². The Balaban J connectivity index is 0.00000156. The van der Waals surface area contributed by atoms with Crippen LogP contribution in [0.1, 0.15) is 5.56 Å². The van der Waals surface area contributed by atoms with Gasteiger partial charge in [-0.2, -0.15) is 4.40 Å². The maximum Gasteiger partial charge on any atom is 0.219 e. The lowest BCUT2D eigenvalue weighted by molar-refractivity contribution is -0.509. The molecule has 0 saturated heterocycles. The Hall–Kier alpha value is -2.33. The molecule has 0 amide bonds. The predicted molar refractivity (Wildman–Crippen MR) is 87.6 cm³/mol. The first-order valence-electron chi connectivity index (χ1n) is 7.21. The molecule has 2 aromatic carbocycles. The van der Waals surface area contributed by atoms with Crippen LogP contribution in [0.3, 0.4) is 0 Å². The zero-order valence-corrected chi connectivity index (χ0v) is 14.5. The molecular weight excluding hydrogens is 354 g/mol. The zero-order valence-electron chi connectivity index (χ0n) is 12.9. The zero-order chi connectivity index (χ0) is 15.3. The summed E-state index contributed by atoms with van der Waals surface area (Å²) in [4.78, 5) is 0. The maximum absolute atomic E-state index is 10.1. The van der Waals surface area contributed by atoms with Gasteiger partial charge in [-0.3, -0.25) is 0 Å². The first-order chi connectivity index (χ1) is 10.7. The van der Waals surface area contributed by atoms with E-state index >= 15 is 0 Å². The molecule has 0 bridgehead atoms. The third-order valence-corrected chi connectivity index (χ3v) is 4.26. The first-order valence-corrected chi connectivity index (χ1v) is 7.21. The summed E-state index contributed by atoms with van der Waals surface area (Å²) in [6, 6.07) is 14.0. The monoisotopic (exact) mass is 369 g/mol. The van der Waals surface area contributed by atoms with Crippen molar-refractivity contribution in [3.63, 3.8) is 0 Å². The lowest BCUT2D eigenvalue weighted by Gasteiger charge is -2.06. The molecule has 0 fully saturated rings. The Morgan fingerprint density at radius 1 is 0.957 bits per heavy atom. The van der Waals surface area contributed by atoms with Crippen molar-refractivity contribution in [1.29, 1.82) is 0 Å². The van der Waals surface area contributed by atoms with Gasteiger partial charge in [-0.1, -0.05) is 6.07 Å². The molecule has 116 valence electrons. The van der Waals surface area contributed by atoms with Gasteiger partial charge in [0.25, 0.3) is 0 Å². The van der Waals surface area contributed by atoms with E-state index in [1.807, 2.05) is 30.6 Å². The number of pyridine rings is 2. The van der Waals surface area contributed by atoms with Crippen molar-refractivity contribution in [2.24, 2.45) is 0 Å². The van der Waals surface area contributed by atoms with Crippen molar-refractivity contribution in [3.8, 4) is 11.5 Å². The van der Waals surface area contributed by atoms with Crippen LogP contribution in [0.4, 0.5) is 0 Å². The maximum atomic E-state index is 10.1. The third kappa shape index (κ3) is 2.39. The number of benzene rings is 2. The van der Waals surface area contributed by atoms with Gasteiger partial charge in [0.1, 0.15) is 11.5 Å². The van der Waals surface area contributed by atoms with Gasteiger partial charge in [-0.15, -0.1) is 0 Å². The van der Waals surface area contributed by atoms with Gasteiger partial charge in [0.05, 0.1) is 17.9 Å². The molecule has 1 N–H and O–H groups in total. The van der Waals surface area contributed by atoms with Gasteiger partial charge >= 0.3 is 0 Å². The van der Waals surface area contributed by atoms with Crippen LogP contribution in [-0.4, -0.2) is 12.2 Å². The fourth-order valence-corrected chi connectivity index (χ4v) is 3.02. The van der Waals surface area contributed by atoms with Crippen molar-refractivity contribution >= 4 is 27.1 Å². The molecule has 0 aliphatic heterocycles. The summed E-state index contributed by atoms with van der Waals surface area (Å²) >= 11 is 0. The van der Waals surface area contributed by atoms with E-state index < -0.39 is 0 Å². The molecule has 0 unspecified atom stereocenters. The highest BCUT2D eigenvalue weighted by atomic mass is 79.9. The highest BCUT2D eigenvalue weighted by Gasteiger charge is 2.13. The smallest absolute Gasteiger partial charge is 0.219 e. The number of halogens is 1. The van der Waals surface area contributed by atoms with Crippen LogP contribution >= 0.6 is 0 Å². The van der Waals surface area contributed by atoms with E-state index in [0.717, 1.165) is 38.4 Å². The SMILES string of the molecule is COc1ccc2c(cc[n+]3cc4c(O)ccc(C)c4cc23)c1.[Br-].